The Kier molecular flexibility index (Phi) is 10.1. The summed E-state index contributed by atoms with van der Waals surface area (Å²) in [6, 6.07) is -0.871. The number of hydrogen-bond acceptors (Lipinski definition) is 10. The number of aliphatic imine (C=N–C) groups is 3. The zero-order valence-electron chi connectivity index (χ0n) is 23.2. The Balaban J connectivity index is 1.70. The van der Waals surface area contributed by atoms with E-state index in [0.29, 0.717) is 36.3 Å². The van der Waals surface area contributed by atoms with Crippen LogP contribution in [0.5, 0.6) is 0 Å². The lowest BCUT2D eigenvalue weighted by molar-refractivity contribution is -0.0858. The molecule has 3 fully saturated rings. The normalized spacial score (nSPS) is 38.3. The van der Waals surface area contributed by atoms with Crippen molar-refractivity contribution in [3.8, 4) is 0 Å². The molecule has 4 aliphatic rings. The van der Waals surface area contributed by atoms with Crippen LogP contribution in [0.1, 0.15) is 46.5 Å². The summed E-state index contributed by atoms with van der Waals surface area (Å²) in [4.78, 5) is 15.4. The molecule has 220 valence electrons. The van der Waals surface area contributed by atoms with E-state index in [2.05, 4.69) is 49.9 Å². The minimum Gasteiger partial charge on any atom is -0.355 e. The van der Waals surface area contributed by atoms with Gasteiger partial charge in [0.25, 0.3) is 0 Å². The average molecular weight is 573 g/mol. The number of rotatable bonds is 10. The van der Waals surface area contributed by atoms with Crippen LogP contribution in [0, 0.1) is 11.8 Å². The van der Waals surface area contributed by atoms with Gasteiger partial charge in [0.2, 0.25) is 6.41 Å². The molecule has 1 aliphatic carbocycles. The summed E-state index contributed by atoms with van der Waals surface area (Å²) >= 11 is 6.09. The number of nitrogens with one attached hydrogen (secondary N) is 4. The van der Waals surface area contributed by atoms with Crippen molar-refractivity contribution in [2.24, 2.45) is 26.8 Å². The van der Waals surface area contributed by atoms with Gasteiger partial charge in [0.1, 0.15) is 18.7 Å². The van der Waals surface area contributed by atoms with Crippen molar-refractivity contribution in [2.45, 2.75) is 94.6 Å². The van der Waals surface area contributed by atoms with E-state index in [1.807, 2.05) is 6.92 Å². The third-order valence-electron chi connectivity index (χ3n) is 8.22. The number of aliphatic hydroxyl groups is 1. The highest BCUT2D eigenvalue weighted by atomic mass is 35.5. The molecule has 3 heterocycles. The van der Waals surface area contributed by atoms with Crippen molar-refractivity contribution in [1.29, 1.82) is 0 Å². The maximum absolute atomic E-state index is 16.6. The van der Waals surface area contributed by atoms with E-state index in [0.717, 1.165) is 25.7 Å². The molecule has 13 heteroatoms. The molecule has 0 spiro atoms. The highest BCUT2D eigenvalue weighted by Crippen LogP contribution is 2.37. The Labute approximate surface area is 234 Å². The van der Waals surface area contributed by atoms with E-state index in [1.54, 1.807) is 6.21 Å². The topological polar surface area (TPSA) is 118 Å². The molecular weight excluding hydrogens is 530 g/mol. The van der Waals surface area contributed by atoms with Gasteiger partial charge >= 0.3 is 0 Å². The largest absolute Gasteiger partial charge is 0.355 e. The van der Waals surface area contributed by atoms with Gasteiger partial charge in [0, 0.05) is 19.8 Å². The number of fused-ring (bicyclic) bond motifs is 1. The van der Waals surface area contributed by atoms with Crippen molar-refractivity contribution in [2.75, 3.05) is 26.8 Å². The summed E-state index contributed by atoms with van der Waals surface area (Å²) in [5.41, 5.74) is 3.85. The molecule has 3 aliphatic heterocycles. The molecule has 8 atom stereocenters. The zero-order valence-corrected chi connectivity index (χ0v) is 24.0. The smallest absolute Gasteiger partial charge is 0.228 e. The molecule has 0 aromatic carbocycles. The second-order valence-electron chi connectivity index (χ2n) is 11.4. The van der Waals surface area contributed by atoms with E-state index >= 15 is 4.39 Å². The molecule has 1 saturated carbocycles. The van der Waals surface area contributed by atoms with Crippen molar-refractivity contribution in [3.05, 3.63) is 12.2 Å². The van der Waals surface area contributed by atoms with Crippen LogP contribution in [0.3, 0.4) is 0 Å². The number of aliphatic hydroxyl groups excluding tert-OH is 1. The Morgan fingerprint density at radius 1 is 1.36 bits per heavy atom. The fourth-order valence-electron chi connectivity index (χ4n) is 6.03. The number of ether oxygens (including phenoxy) is 1. The molecule has 0 radical (unpaired) electrons. The number of hydrogen-bond donors (Lipinski definition) is 5. The van der Waals surface area contributed by atoms with Gasteiger partial charge in [-0.1, -0.05) is 26.3 Å². The van der Waals surface area contributed by atoms with Crippen LogP contribution in [0.4, 0.5) is 8.78 Å². The lowest BCUT2D eigenvalue weighted by Crippen LogP contribution is -2.62. The van der Waals surface area contributed by atoms with Crippen LogP contribution in [-0.2, 0) is 4.74 Å². The summed E-state index contributed by atoms with van der Waals surface area (Å²) in [6.07, 6.45) is 2.73. The van der Waals surface area contributed by atoms with E-state index < -0.39 is 43.4 Å². The summed E-state index contributed by atoms with van der Waals surface area (Å²) in [5, 5.41) is 16.4. The average Bonchev–Trinajstić information content (AvgIpc) is 3.49. The molecule has 5 N–H and O–H groups in total. The fraction of sp³-hybridized carbons (Fsp3) is 0.808. The fourth-order valence-corrected chi connectivity index (χ4v) is 6.11. The van der Waals surface area contributed by atoms with Crippen LogP contribution in [0.25, 0.3) is 0 Å². The number of alkyl halides is 3. The van der Waals surface area contributed by atoms with Crippen LogP contribution < -0.4 is 21.5 Å². The third-order valence-corrected chi connectivity index (χ3v) is 8.36. The van der Waals surface area contributed by atoms with Gasteiger partial charge in [0.05, 0.1) is 35.9 Å². The number of hydrazine groups is 1. The SMILES string of the molecule is C=C(/C=N\CC(C)Cl)[C@H]1N=C(C2NNC(O)O2)N[C@H]2N[C@@H](C(C)(F)/C(CF)=N/C)N(C[C@H]3CC[C@H](C)CC3)C21. The van der Waals surface area contributed by atoms with Gasteiger partial charge in [-0.05, 0) is 44.1 Å². The molecule has 0 aromatic rings. The van der Waals surface area contributed by atoms with Gasteiger partial charge in [-0.15, -0.1) is 11.6 Å². The predicted molar refractivity (Wildman–Crippen MR) is 150 cm³/mol. The monoisotopic (exact) mass is 572 g/mol. The second-order valence-corrected chi connectivity index (χ2v) is 12.1. The van der Waals surface area contributed by atoms with E-state index in [1.165, 1.54) is 14.0 Å². The Morgan fingerprint density at radius 2 is 2.08 bits per heavy atom. The maximum atomic E-state index is 16.6. The Morgan fingerprint density at radius 3 is 2.67 bits per heavy atom. The van der Waals surface area contributed by atoms with Gasteiger partial charge in [0.15, 0.2) is 11.9 Å². The standard InChI is InChI=1S/C26H43ClF2N8O2/c1-14-6-8-17(9-7-14)13-37-20-19(15(2)11-31-12-16(3)27)32-22(23-35-36-25(38)39-23)33-21(20)34-24(37)26(4,29)18(10-28)30-5/h11,14,16-17,19-21,23-25,34-36,38H,2,6-10,12-13H2,1,3-5H3,(H,32,33)/b30-18+,31-11-/t14-,16?,17-,19-,20?,21+,23?,24-,25?,26?/m1/s1. The van der Waals surface area contributed by atoms with Gasteiger partial charge < -0.3 is 15.2 Å². The van der Waals surface area contributed by atoms with Gasteiger partial charge in [-0.25, -0.2) is 19.6 Å². The third kappa shape index (κ3) is 6.86. The highest BCUT2D eigenvalue weighted by molar-refractivity contribution is 6.20. The van der Waals surface area contributed by atoms with Crippen molar-refractivity contribution in [3.63, 3.8) is 0 Å². The van der Waals surface area contributed by atoms with Crippen molar-refractivity contribution < 1.29 is 18.6 Å². The highest BCUT2D eigenvalue weighted by Gasteiger charge is 2.56. The lowest BCUT2D eigenvalue weighted by Gasteiger charge is -2.42. The summed E-state index contributed by atoms with van der Waals surface area (Å²) < 4.78 is 36.0. The minimum absolute atomic E-state index is 0.139. The Hall–Kier alpha value is -1.54. The van der Waals surface area contributed by atoms with E-state index in [9.17, 15) is 9.50 Å². The first-order valence-corrected chi connectivity index (χ1v) is 14.2. The van der Waals surface area contributed by atoms with Crippen molar-refractivity contribution >= 4 is 29.4 Å². The predicted octanol–water partition coefficient (Wildman–Crippen LogP) is 1.86. The summed E-state index contributed by atoms with van der Waals surface area (Å²) in [6.45, 7) is 9.84. The molecule has 0 amide bonds. The van der Waals surface area contributed by atoms with E-state index in [4.69, 9.17) is 21.3 Å². The second kappa shape index (κ2) is 13.0. The number of nitrogens with zero attached hydrogens (tertiary/aromatic N) is 4. The van der Waals surface area contributed by atoms with Crippen LogP contribution in [0.15, 0.2) is 27.1 Å². The van der Waals surface area contributed by atoms with Crippen LogP contribution in [0.2, 0.25) is 0 Å². The molecule has 39 heavy (non-hydrogen) atoms. The molecule has 0 bridgehead atoms. The Bertz CT molecular complexity index is 956. The number of halogens is 3. The first kappa shape index (κ1) is 30.4. The first-order valence-electron chi connectivity index (χ1n) is 13.8. The summed E-state index contributed by atoms with van der Waals surface area (Å²) in [7, 11) is 1.42. The molecular formula is C26H43ClF2N8O2. The molecule has 4 rings (SSSR count). The quantitative estimate of drug-likeness (QED) is 0.200. The molecule has 0 aromatic heterocycles. The maximum Gasteiger partial charge on any atom is 0.228 e. The van der Waals surface area contributed by atoms with Crippen LogP contribution in [-0.4, -0.2) is 103 Å². The first-order chi connectivity index (χ1) is 18.5. The zero-order chi connectivity index (χ0) is 28.3. The molecule has 5 unspecified atom stereocenters. The minimum atomic E-state index is -2.08. The number of amidine groups is 1. The lowest BCUT2D eigenvalue weighted by atomic mass is 9.82. The molecule has 10 nitrogen and oxygen atoms in total. The summed E-state index contributed by atoms with van der Waals surface area (Å²) in [5.74, 6) is 1.47. The van der Waals surface area contributed by atoms with Gasteiger partial charge in [-0.2, -0.15) is 0 Å². The van der Waals surface area contributed by atoms with Crippen molar-refractivity contribution in [1.82, 2.24) is 26.4 Å². The van der Waals surface area contributed by atoms with Crippen LogP contribution >= 0.6 is 11.6 Å². The molecule has 2 saturated heterocycles. The van der Waals surface area contributed by atoms with E-state index in [-0.39, 0.29) is 17.1 Å². The van der Waals surface area contributed by atoms with Gasteiger partial charge in [-0.3, -0.25) is 25.2 Å².